The third kappa shape index (κ3) is 6.68. The van der Waals surface area contributed by atoms with E-state index in [0.29, 0.717) is 0 Å². The molecule has 0 radical (unpaired) electrons. The Hall–Kier alpha value is -2.38. The molecular formula is C22H31N4O8PS. The van der Waals surface area contributed by atoms with Crippen molar-refractivity contribution in [3.63, 3.8) is 0 Å². The SMILES string of the molecule is CC(C)OC(=O)[C@H](C)NP(=O)(OC[C@H]1O[C@@H](n2ccc(N)nc2=S)C(C)(O)C1O)Oc1ccccc1. The highest BCUT2D eigenvalue weighted by Crippen LogP contribution is 2.47. The molecule has 198 valence electrons. The topological polar surface area (TPSA) is 167 Å². The van der Waals surface area contributed by atoms with Crippen LogP contribution in [0.2, 0.25) is 0 Å². The number of para-hydroxylation sites is 1. The molecule has 1 aliphatic heterocycles. The van der Waals surface area contributed by atoms with Crippen LogP contribution in [0.3, 0.4) is 0 Å². The maximum Gasteiger partial charge on any atom is 0.459 e. The summed E-state index contributed by atoms with van der Waals surface area (Å²) in [5.74, 6) is -0.254. The number of hydrogen-bond acceptors (Lipinski definition) is 11. The Morgan fingerprint density at radius 1 is 1.33 bits per heavy atom. The van der Waals surface area contributed by atoms with Crippen LogP contribution in [0.5, 0.6) is 5.75 Å². The van der Waals surface area contributed by atoms with E-state index in [-0.39, 0.29) is 22.4 Å². The number of carbonyl (C=O) groups excluding carboxylic acids is 1. The molecule has 6 atom stereocenters. The van der Waals surface area contributed by atoms with Gasteiger partial charge in [-0.2, -0.15) is 5.09 Å². The smallest absolute Gasteiger partial charge is 0.459 e. The van der Waals surface area contributed by atoms with Crippen molar-refractivity contribution in [2.24, 2.45) is 0 Å². The minimum atomic E-state index is -4.20. The van der Waals surface area contributed by atoms with Crippen molar-refractivity contribution in [2.45, 2.75) is 63.9 Å². The van der Waals surface area contributed by atoms with Crippen LogP contribution in [0.4, 0.5) is 5.82 Å². The first-order valence-electron chi connectivity index (χ1n) is 11.2. The van der Waals surface area contributed by atoms with Crippen molar-refractivity contribution >= 4 is 31.8 Å². The van der Waals surface area contributed by atoms with Gasteiger partial charge in [0.25, 0.3) is 0 Å². The summed E-state index contributed by atoms with van der Waals surface area (Å²) in [5, 5.41) is 24.3. The van der Waals surface area contributed by atoms with Crippen molar-refractivity contribution in [1.29, 1.82) is 0 Å². The van der Waals surface area contributed by atoms with E-state index in [1.807, 2.05) is 0 Å². The molecule has 1 aromatic heterocycles. The third-order valence-electron chi connectivity index (χ3n) is 5.29. The molecule has 3 unspecified atom stereocenters. The standard InChI is InChI=1S/C22H31N4O8PS/c1-13(2)32-19(28)14(3)25-35(30,34-15-8-6-5-7-9-15)31-12-16-18(27)22(4,29)20(33-16)26-11-10-17(23)24-21(26)36/h5-11,13-14,16,18,20,27,29H,12H2,1-4H3,(H,25,30)(H2,23,24,36)/t14-,16+,18?,20+,22?,35?/m0/s1. The lowest BCUT2D eigenvalue weighted by Gasteiger charge is -2.28. The van der Waals surface area contributed by atoms with Gasteiger partial charge in [0.1, 0.15) is 35.4 Å². The van der Waals surface area contributed by atoms with Crippen LogP contribution >= 0.6 is 20.0 Å². The Balaban J connectivity index is 1.79. The number of nitrogen functional groups attached to an aromatic ring is 1. The van der Waals surface area contributed by atoms with Gasteiger partial charge in [-0.1, -0.05) is 18.2 Å². The van der Waals surface area contributed by atoms with Crippen LogP contribution < -0.4 is 15.3 Å². The van der Waals surface area contributed by atoms with E-state index in [1.165, 1.54) is 30.7 Å². The molecule has 0 amide bonds. The number of nitrogens with zero attached hydrogens (tertiary/aromatic N) is 2. The fourth-order valence-corrected chi connectivity index (χ4v) is 5.25. The van der Waals surface area contributed by atoms with Gasteiger partial charge in [0.05, 0.1) is 12.7 Å². The number of aliphatic hydroxyl groups is 2. The Kier molecular flexibility index (Phi) is 8.88. The number of esters is 1. The normalized spacial score (nSPS) is 26.4. The maximum absolute atomic E-state index is 13.6. The largest absolute Gasteiger partial charge is 0.462 e. The molecule has 5 N–H and O–H groups in total. The number of nitrogens with two attached hydrogens (primary N) is 1. The Morgan fingerprint density at radius 3 is 2.61 bits per heavy atom. The van der Waals surface area contributed by atoms with E-state index in [2.05, 4.69) is 10.1 Å². The highest BCUT2D eigenvalue weighted by molar-refractivity contribution is 7.71. The average molecular weight is 543 g/mol. The number of ether oxygens (including phenoxy) is 2. The fourth-order valence-electron chi connectivity index (χ4n) is 3.49. The van der Waals surface area contributed by atoms with E-state index in [9.17, 15) is 19.6 Å². The van der Waals surface area contributed by atoms with Gasteiger partial charge in [-0.15, -0.1) is 0 Å². The number of benzene rings is 1. The second-order valence-corrected chi connectivity index (χ2v) is 10.8. The minimum Gasteiger partial charge on any atom is -0.462 e. The van der Waals surface area contributed by atoms with E-state index in [4.69, 9.17) is 36.5 Å². The van der Waals surface area contributed by atoms with E-state index >= 15 is 0 Å². The second kappa shape index (κ2) is 11.3. The lowest BCUT2D eigenvalue weighted by molar-refractivity contribution is -0.149. The summed E-state index contributed by atoms with van der Waals surface area (Å²) in [4.78, 5) is 16.3. The van der Waals surface area contributed by atoms with Gasteiger partial charge in [0.2, 0.25) is 4.77 Å². The molecule has 2 aromatic rings. The summed E-state index contributed by atoms with van der Waals surface area (Å²) in [7, 11) is -4.20. The number of nitrogens with one attached hydrogen (secondary N) is 1. The maximum atomic E-state index is 13.6. The predicted molar refractivity (Wildman–Crippen MR) is 132 cm³/mol. The molecule has 1 aliphatic rings. The fraction of sp³-hybridized carbons (Fsp3) is 0.500. The van der Waals surface area contributed by atoms with E-state index < -0.39 is 50.4 Å². The molecular weight excluding hydrogens is 511 g/mol. The molecule has 0 aliphatic carbocycles. The zero-order chi connectivity index (χ0) is 26.7. The highest BCUT2D eigenvalue weighted by Gasteiger charge is 2.54. The molecule has 0 saturated carbocycles. The van der Waals surface area contributed by atoms with Gasteiger partial charge in [-0.25, -0.2) is 9.55 Å². The van der Waals surface area contributed by atoms with Crippen molar-refractivity contribution in [3.05, 3.63) is 47.4 Å². The highest BCUT2D eigenvalue weighted by atomic mass is 32.1. The van der Waals surface area contributed by atoms with Gasteiger partial charge in [-0.3, -0.25) is 13.9 Å². The average Bonchev–Trinajstić information content (AvgIpc) is 3.01. The van der Waals surface area contributed by atoms with Crippen LogP contribution in [0, 0.1) is 4.77 Å². The molecule has 1 saturated heterocycles. The number of carbonyl (C=O) groups is 1. The van der Waals surface area contributed by atoms with Crippen molar-refractivity contribution in [3.8, 4) is 5.75 Å². The first kappa shape index (κ1) is 28.2. The minimum absolute atomic E-state index is 0.0336. The summed E-state index contributed by atoms with van der Waals surface area (Å²) in [6.45, 7) is 5.72. The van der Waals surface area contributed by atoms with Crippen molar-refractivity contribution in [1.82, 2.24) is 14.6 Å². The number of anilines is 1. The van der Waals surface area contributed by atoms with Gasteiger partial charge >= 0.3 is 13.7 Å². The molecule has 3 rings (SSSR count). The Bertz CT molecular complexity index is 1160. The van der Waals surface area contributed by atoms with Gasteiger partial charge < -0.3 is 29.9 Å². The quantitative estimate of drug-likeness (QED) is 0.197. The number of hydrogen-bond donors (Lipinski definition) is 4. The van der Waals surface area contributed by atoms with Gasteiger partial charge in [0.15, 0.2) is 6.23 Å². The molecule has 1 fully saturated rings. The molecule has 36 heavy (non-hydrogen) atoms. The first-order valence-corrected chi connectivity index (χ1v) is 13.2. The van der Waals surface area contributed by atoms with Gasteiger partial charge in [-0.05, 0) is 58.1 Å². The molecule has 0 spiro atoms. The summed E-state index contributed by atoms with van der Waals surface area (Å²) in [5.41, 5.74) is 3.84. The van der Waals surface area contributed by atoms with Crippen LogP contribution in [-0.2, 0) is 23.4 Å². The predicted octanol–water partition coefficient (Wildman–Crippen LogP) is 2.34. The van der Waals surface area contributed by atoms with Crippen LogP contribution in [0.25, 0.3) is 0 Å². The second-order valence-electron chi connectivity index (χ2n) is 8.77. The van der Waals surface area contributed by atoms with E-state index in [1.54, 1.807) is 44.2 Å². The van der Waals surface area contributed by atoms with Crippen LogP contribution in [0.1, 0.15) is 33.9 Å². The van der Waals surface area contributed by atoms with Gasteiger partial charge in [0, 0.05) is 6.20 Å². The number of aliphatic hydroxyl groups excluding tert-OH is 1. The number of rotatable bonds is 10. The summed E-state index contributed by atoms with van der Waals surface area (Å²) in [6, 6.07) is 8.63. The summed E-state index contributed by atoms with van der Waals surface area (Å²) < 4.78 is 37.2. The summed E-state index contributed by atoms with van der Waals surface area (Å²) in [6.07, 6.45) is -2.64. The summed E-state index contributed by atoms with van der Waals surface area (Å²) >= 11 is 5.20. The Labute approximate surface area is 213 Å². The van der Waals surface area contributed by atoms with E-state index in [0.717, 1.165) is 0 Å². The Morgan fingerprint density at radius 2 is 2.00 bits per heavy atom. The van der Waals surface area contributed by atoms with Crippen LogP contribution in [-0.4, -0.2) is 62.3 Å². The lowest BCUT2D eigenvalue weighted by atomic mass is 9.96. The molecule has 14 heteroatoms. The van der Waals surface area contributed by atoms with Crippen molar-refractivity contribution in [2.75, 3.05) is 12.3 Å². The first-order chi connectivity index (χ1) is 16.8. The number of aromatic nitrogens is 2. The van der Waals surface area contributed by atoms with Crippen LogP contribution in [0.15, 0.2) is 42.6 Å². The molecule has 1 aromatic carbocycles. The lowest BCUT2D eigenvalue weighted by Crippen LogP contribution is -2.44. The zero-order valence-electron chi connectivity index (χ0n) is 20.3. The third-order valence-corrected chi connectivity index (χ3v) is 7.24. The zero-order valence-corrected chi connectivity index (χ0v) is 22.0. The van der Waals surface area contributed by atoms with Crippen molar-refractivity contribution < 1.29 is 38.1 Å². The molecule has 0 bridgehead atoms. The monoisotopic (exact) mass is 542 g/mol. The molecule has 12 nitrogen and oxygen atoms in total. The molecule has 2 heterocycles.